The van der Waals surface area contributed by atoms with Gasteiger partial charge in [0.15, 0.2) is 0 Å². The molecule has 0 bridgehead atoms. The normalized spacial score (nSPS) is 12.6. The van der Waals surface area contributed by atoms with Crippen LogP contribution in [-0.2, 0) is 28.6 Å². The monoisotopic (exact) mass is 642 g/mol. The largest absolute Gasteiger partial charge is 0.494 e. The van der Waals surface area contributed by atoms with E-state index in [2.05, 4.69) is 24.8 Å². The summed E-state index contributed by atoms with van der Waals surface area (Å²) in [4.78, 5) is 47.3. The molecule has 0 N–H and O–H groups in total. The fourth-order valence-corrected chi connectivity index (χ4v) is 4.93. The number of hydrogen-bond acceptors (Lipinski definition) is 10. The quantitative estimate of drug-likeness (QED) is 0.0540. The molecule has 0 radical (unpaired) electrons. The van der Waals surface area contributed by atoms with Crippen molar-refractivity contribution in [2.45, 2.75) is 38.5 Å². The van der Waals surface area contributed by atoms with Crippen LogP contribution in [0.4, 0.5) is 0 Å². The van der Waals surface area contributed by atoms with Gasteiger partial charge in [-0.3, -0.25) is 4.79 Å². The summed E-state index contributed by atoms with van der Waals surface area (Å²) < 4.78 is 31.8. The third-order valence-electron chi connectivity index (χ3n) is 7.45. The zero-order valence-electron chi connectivity index (χ0n) is 26.6. The van der Waals surface area contributed by atoms with Gasteiger partial charge in [0.2, 0.25) is 0 Å². The highest BCUT2D eigenvalue weighted by atomic mass is 16.5. The van der Waals surface area contributed by atoms with Crippen molar-refractivity contribution in [3.63, 3.8) is 0 Å². The average molecular weight is 643 g/mol. The second kappa shape index (κ2) is 16.8. The van der Waals surface area contributed by atoms with Gasteiger partial charge in [0.25, 0.3) is 0 Å². The minimum absolute atomic E-state index is 0.0311. The molecule has 0 amide bonds. The van der Waals surface area contributed by atoms with Crippen molar-refractivity contribution in [3.05, 3.63) is 102 Å². The molecule has 246 valence electrons. The number of hydrogen-bond donors (Lipinski definition) is 0. The summed E-state index contributed by atoms with van der Waals surface area (Å²) in [5.41, 5.74) is 4.72. The Morgan fingerprint density at radius 1 is 0.745 bits per heavy atom. The van der Waals surface area contributed by atoms with Crippen LogP contribution in [0, 0.1) is 0 Å². The van der Waals surface area contributed by atoms with Gasteiger partial charge in [0, 0.05) is 24.0 Å². The second-order valence-electron chi connectivity index (χ2n) is 10.8. The summed E-state index contributed by atoms with van der Waals surface area (Å²) in [7, 11) is 1.24. The fourth-order valence-electron chi connectivity index (χ4n) is 4.93. The molecule has 0 fully saturated rings. The molecule has 0 saturated carbocycles. The summed E-state index contributed by atoms with van der Waals surface area (Å²) in [6.07, 6.45) is 2.77. The predicted molar refractivity (Wildman–Crippen MR) is 174 cm³/mol. The smallest absolute Gasteiger partial charge is 0.343 e. The Labute approximate surface area is 273 Å². The first kappa shape index (κ1) is 34.5. The number of fused-ring (bicyclic) bond motifs is 3. The lowest BCUT2D eigenvalue weighted by atomic mass is 9.98. The summed E-state index contributed by atoms with van der Waals surface area (Å²) in [5.74, 6) is -0.330. The number of carbonyl (C=O) groups is 4. The first-order valence-corrected chi connectivity index (χ1v) is 15.3. The topological polar surface area (TPSA) is 124 Å². The first-order valence-electron chi connectivity index (χ1n) is 15.3. The first-order chi connectivity index (χ1) is 22.7. The number of benzene rings is 3. The molecule has 10 nitrogen and oxygen atoms in total. The molecule has 3 aromatic carbocycles. The van der Waals surface area contributed by atoms with Crippen molar-refractivity contribution in [1.82, 2.24) is 0 Å². The highest BCUT2D eigenvalue weighted by molar-refractivity contribution is 5.94. The Morgan fingerprint density at radius 2 is 1.34 bits per heavy atom. The van der Waals surface area contributed by atoms with Crippen LogP contribution in [0.1, 0.15) is 60.0 Å². The lowest BCUT2D eigenvalue weighted by Crippen LogP contribution is -2.13. The molecule has 0 saturated heterocycles. The number of methoxy groups -OCH3 is 1. The zero-order valence-corrected chi connectivity index (χ0v) is 26.6. The van der Waals surface area contributed by atoms with Gasteiger partial charge >= 0.3 is 23.9 Å². The van der Waals surface area contributed by atoms with Gasteiger partial charge in [0.1, 0.15) is 17.2 Å². The van der Waals surface area contributed by atoms with E-state index in [1.165, 1.54) is 7.11 Å². The highest BCUT2D eigenvalue weighted by Gasteiger charge is 2.27. The average Bonchev–Trinajstić information content (AvgIpc) is 3.36. The van der Waals surface area contributed by atoms with Gasteiger partial charge in [-0.25, -0.2) is 14.4 Å². The molecule has 4 rings (SSSR count). The van der Waals surface area contributed by atoms with Crippen LogP contribution < -0.4 is 14.2 Å². The number of unbranched alkanes of at least 4 members (excludes halogenated alkanes) is 1. The highest BCUT2D eigenvalue weighted by Crippen LogP contribution is 2.46. The predicted octanol–water partition coefficient (Wildman–Crippen LogP) is 6.36. The third kappa shape index (κ3) is 9.56. The molecule has 0 spiro atoms. The second-order valence-corrected chi connectivity index (χ2v) is 10.8. The third-order valence-corrected chi connectivity index (χ3v) is 7.45. The molecular formula is C37H38O10. The summed E-state index contributed by atoms with van der Waals surface area (Å²) in [6, 6.07) is 18.3. The standard InChI is InChI=1S/C37H38O10/c1-5-34(38)45-18-7-6-17-43-27-10-12-28(13-11-27)47-37(41)26-9-15-30-31-16-14-29(23-33(31)25(3)32(30)22-26)44-19-8-20-46-36(40)24(2)21-35(39)42-4/h5,9-16,22-23,25H,1-2,6-8,17-21H2,3-4H3. The van der Waals surface area contributed by atoms with E-state index in [0.29, 0.717) is 61.9 Å². The van der Waals surface area contributed by atoms with Crippen LogP contribution in [0.2, 0.25) is 0 Å². The minimum atomic E-state index is -0.638. The van der Waals surface area contributed by atoms with Crippen LogP contribution in [0.3, 0.4) is 0 Å². The maximum absolute atomic E-state index is 13.0. The van der Waals surface area contributed by atoms with Crippen molar-refractivity contribution < 1.29 is 47.6 Å². The maximum atomic E-state index is 13.0. The maximum Gasteiger partial charge on any atom is 0.343 e. The van der Waals surface area contributed by atoms with Crippen molar-refractivity contribution in [1.29, 1.82) is 0 Å². The van der Waals surface area contributed by atoms with Crippen LogP contribution in [0.5, 0.6) is 17.2 Å². The number of carbonyl (C=O) groups excluding carboxylic acids is 4. The molecule has 0 aliphatic heterocycles. The molecular weight excluding hydrogens is 604 g/mol. The Bertz CT molecular complexity index is 1620. The van der Waals surface area contributed by atoms with Gasteiger partial charge in [-0.15, -0.1) is 0 Å². The van der Waals surface area contributed by atoms with Crippen LogP contribution in [0.25, 0.3) is 11.1 Å². The van der Waals surface area contributed by atoms with E-state index in [1.807, 2.05) is 30.3 Å². The Kier molecular flexibility index (Phi) is 12.3. The fraction of sp³-hybridized carbons (Fsp3) is 0.297. The molecule has 1 unspecified atom stereocenters. The van der Waals surface area contributed by atoms with E-state index < -0.39 is 23.9 Å². The van der Waals surface area contributed by atoms with Crippen molar-refractivity contribution in [2.24, 2.45) is 0 Å². The van der Waals surface area contributed by atoms with Crippen LogP contribution in [-0.4, -0.2) is 57.4 Å². The van der Waals surface area contributed by atoms with E-state index in [-0.39, 0.29) is 24.5 Å². The molecule has 3 aromatic rings. The van der Waals surface area contributed by atoms with E-state index >= 15 is 0 Å². The van der Waals surface area contributed by atoms with Crippen LogP contribution >= 0.6 is 0 Å². The van der Waals surface area contributed by atoms with Gasteiger partial charge < -0.3 is 28.4 Å². The lowest BCUT2D eigenvalue weighted by Gasteiger charge is -2.11. The molecule has 0 aromatic heterocycles. The lowest BCUT2D eigenvalue weighted by molar-refractivity contribution is -0.144. The SMILES string of the molecule is C=CC(=O)OCCCCOc1ccc(OC(=O)c2ccc3c(c2)C(C)c2cc(OCCCOC(=O)C(=C)CC(=O)OC)ccc2-3)cc1. The van der Waals surface area contributed by atoms with E-state index in [1.54, 1.807) is 30.3 Å². The molecule has 10 heteroatoms. The van der Waals surface area contributed by atoms with Gasteiger partial charge in [-0.1, -0.05) is 32.2 Å². The minimum Gasteiger partial charge on any atom is -0.494 e. The summed E-state index contributed by atoms with van der Waals surface area (Å²) in [6.45, 7) is 10.2. The Morgan fingerprint density at radius 3 is 2.06 bits per heavy atom. The van der Waals surface area contributed by atoms with Gasteiger partial charge in [-0.05, 0) is 83.6 Å². The van der Waals surface area contributed by atoms with Crippen molar-refractivity contribution in [2.75, 3.05) is 33.5 Å². The van der Waals surface area contributed by atoms with Crippen LogP contribution in [0.15, 0.2) is 85.5 Å². The molecule has 0 heterocycles. The van der Waals surface area contributed by atoms with Crippen molar-refractivity contribution >= 4 is 23.9 Å². The number of rotatable bonds is 17. The Hall–Kier alpha value is -5.38. The van der Waals surface area contributed by atoms with Gasteiger partial charge in [0.05, 0.1) is 45.5 Å². The molecule has 47 heavy (non-hydrogen) atoms. The van der Waals surface area contributed by atoms with Crippen molar-refractivity contribution in [3.8, 4) is 28.4 Å². The molecule has 1 aliphatic carbocycles. The number of esters is 4. The van der Waals surface area contributed by atoms with E-state index in [9.17, 15) is 19.2 Å². The molecule has 1 aliphatic rings. The van der Waals surface area contributed by atoms with E-state index in [0.717, 1.165) is 28.3 Å². The summed E-state index contributed by atoms with van der Waals surface area (Å²) in [5, 5.41) is 0. The van der Waals surface area contributed by atoms with Gasteiger partial charge in [-0.2, -0.15) is 0 Å². The molecule has 1 atom stereocenters. The summed E-state index contributed by atoms with van der Waals surface area (Å²) >= 11 is 0. The number of ether oxygens (including phenoxy) is 6. The Balaban J connectivity index is 1.24. The zero-order chi connectivity index (χ0) is 33.8. The van der Waals surface area contributed by atoms with E-state index in [4.69, 9.17) is 23.7 Å².